The van der Waals surface area contributed by atoms with Crippen LogP contribution in [0, 0.1) is 18.3 Å². The Kier molecular flexibility index (Phi) is 6.54. The van der Waals surface area contributed by atoms with E-state index in [9.17, 15) is 0 Å². The minimum absolute atomic E-state index is 0.130. The van der Waals surface area contributed by atoms with E-state index in [4.69, 9.17) is 4.74 Å². The normalized spacial score (nSPS) is 29.8. The van der Waals surface area contributed by atoms with Crippen LogP contribution in [0.3, 0.4) is 0 Å². The van der Waals surface area contributed by atoms with Gasteiger partial charge in [0.05, 0.1) is 12.2 Å². The molecule has 3 unspecified atom stereocenters. The first-order valence-corrected chi connectivity index (χ1v) is 11.4. The van der Waals surface area contributed by atoms with E-state index in [-0.39, 0.29) is 11.5 Å². The molecule has 1 saturated carbocycles. The third kappa shape index (κ3) is 4.62. The van der Waals surface area contributed by atoms with Gasteiger partial charge in [-0.2, -0.15) is 0 Å². The van der Waals surface area contributed by atoms with Gasteiger partial charge >= 0.3 is 0 Å². The topological polar surface area (TPSA) is 9.23 Å². The Morgan fingerprint density at radius 3 is 2.29 bits per heavy atom. The van der Waals surface area contributed by atoms with E-state index in [2.05, 4.69) is 84.0 Å². The fraction of sp³-hybridized carbons (Fsp3) is 0.630. The zero-order valence-corrected chi connectivity index (χ0v) is 18.9. The molecule has 1 aromatic rings. The maximum Gasteiger partial charge on any atom is 0.0797 e. The zero-order valence-electron chi connectivity index (χ0n) is 18.9. The summed E-state index contributed by atoms with van der Waals surface area (Å²) in [5.41, 5.74) is 4.84. The maximum atomic E-state index is 6.31. The summed E-state index contributed by atoms with van der Waals surface area (Å²) in [5, 5.41) is 0. The van der Waals surface area contributed by atoms with Crippen LogP contribution in [0.5, 0.6) is 0 Å². The summed E-state index contributed by atoms with van der Waals surface area (Å²) in [6.45, 7) is 14.0. The van der Waals surface area contributed by atoms with E-state index in [1.165, 1.54) is 36.0 Å². The molecule has 1 nitrogen and oxygen atoms in total. The molecular formula is C27H40O. The Morgan fingerprint density at radius 1 is 1.07 bits per heavy atom. The van der Waals surface area contributed by atoms with Crippen molar-refractivity contribution >= 4 is 0 Å². The standard InChI is InChI=1S/C27H40O/c1-7-24(8-2)28-25-15-13-23(14-16-25)27(22-11-9-20(3)10-12-22)18-21(4)17-26(5,6)19-27/h9-15,21,24-25H,7-8,16-19H2,1-6H3. The maximum absolute atomic E-state index is 6.31. The Morgan fingerprint density at radius 2 is 1.75 bits per heavy atom. The van der Waals surface area contributed by atoms with Gasteiger partial charge in [0.1, 0.15) is 0 Å². The lowest BCUT2D eigenvalue weighted by Crippen LogP contribution is -2.41. The van der Waals surface area contributed by atoms with E-state index >= 15 is 0 Å². The second-order valence-corrected chi connectivity index (χ2v) is 10.2. The van der Waals surface area contributed by atoms with E-state index in [0.29, 0.717) is 11.5 Å². The lowest BCUT2D eigenvalue weighted by molar-refractivity contribution is 0.00981. The molecule has 1 fully saturated rings. The summed E-state index contributed by atoms with van der Waals surface area (Å²) in [4.78, 5) is 0. The van der Waals surface area contributed by atoms with Gasteiger partial charge in [-0.25, -0.2) is 0 Å². The summed E-state index contributed by atoms with van der Waals surface area (Å²) in [7, 11) is 0. The highest BCUT2D eigenvalue weighted by Gasteiger charge is 2.45. The lowest BCUT2D eigenvalue weighted by Gasteiger charge is -2.49. The van der Waals surface area contributed by atoms with E-state index in [1.807, 2.05) is 0 Å². The van der Waals surface area contributed by atoms with Crippen molar-refractivity contribution in [2.75, 3.05) is 0 Å². The van der Waals surface area contributed by atoms with E-state index in [0.717, 1.165) is 25.2 Å². The van der Waals surface area contributed by atoms with Crippen LogP contribution in [0.1, 0.15) is 84.3 Å². The largest absolute Gasteiger partial charge is 0.371 e. The predicted molar refractivity (Wildman–Crippen MR) is 121 cm³/mol. The van der Waals surface area contributed by atoms with Gasteiger partial charge in [0, 0.05) is 5.41 Å². The van der Waals surface area contributed by atoms with Crippen LogP contribution < -0.4 is 0 Å². The van der Waals surface area contributed by atoms with Crippen LogP contribution in [0.25, 0.3) is 0 Å². The summed E-state index contributed by atoms with van der Waals surface area (Å²) < 4.78 is 6.31. The second kappa shape index (κ2) is 8.57. The molecule has 0 saturated heterocycles. The Labute approximate surface area is 173 Å². The second-order valence-electron chi connectivity index (χ2n) is 10.2. The van der Waals surface area contributed by atoms with Gasteiger partial charge in [-0.3, -0.25) is 0 Å². The predicted octanol–water partition coefficient (Wildman–Crippen LogP) is 7.54. The average molecular weight is 381 g/mol. The third-order valence-electron chi connectivity index (χ3n) is 6.87. The summed E-state index contributed by atoms with van der Waals surface area (Å²) in [6.07, 6.45) is 14.8. The smallest absolute Gasteiger partial charge is 0.0797 e. The molecule has 0 aromatic heterocycles. The molecule has 1 heteroatoms. The number of rotatable bonds is 6. The highest BCUT2D eigenvalue weighted by Crippen LogP contribution is 2.54. The highest BCUT2D eigenvalue weighted by atomic mass is 16.5. The fourth-order valence-electron chi connectivity index (χ4n) is 5.84. The average Bonchev–Trinajstić information content (AvgIpc) is 2.65. The van der Waals surface area contributed by atoms with Crippen LogP contribution in [0.15, 0.2) is 48.1 Å². The molecular weight excluding hydrogens is 340 g/mol. The molecule has 0 aliphatic heterocycles. The molecule has 1 aromatic carbocycles. The molecule has 3 rings (SSSR count). The van der Waals surface area contributed by atoms with Crippen molar-refractivity contribution in [3.63, 3.8) is 0 Å². The van der Waals surface area contributed by atoms with Crippen molar-refractivity contribution in [2.45, 2.75) is 97.7 Å². The SMILES string of the molecule is CCC(CC)OC1C=CC(C2(c3ccc(C)cc3)CC(C)CC(C)(C)C2)=CC1. The zero-order chi connectivity index (χ0) is 20.4. The molecule has 0 bridgehead atoms. The quantitative estimate of drug-likeness (QED) is 0.495. The van der Waals surface area contributed by atoms with Crippen LogP contribution in [-0.4, -0.2) is 12.2 Å². The van der Waals surface area contributed by atoms with Crippen molar-refractivity contribution < 1.29 is 4.74 Å². The van der Waals surface area contributed by atoms with Crippen molar-refractivity contribution in [1.29, 1.82) is 0 Å². The van der Waals surface area contributed by atoms with Crippen molar-refractivity contribution in [3.8, 4) is 0 Å². The minimum Gasteiger partial charge on any atom is -0.371 e. The number of ether oxygens (including phenoxy) is 1. The van der Waals surface area contributed by atoms with Gasteiger partial charge in [-0.1, -0.05) is 82.7 Å². The minimum atomic E-state index is 0.130. The first-order valence-electron chi connectivity index (χ1n) is 11.4. The third-order valence-corrected chi connectivity index (χ3v) is 6.87. The highest BCUT2D eigenvalue weighted by molar-refractivity contribution is 5.45. The first kappa shape index (κ1) is 21.4. The van der Waals surface area contributed by atoms with Gasteiger partial charge in [0.15, 0.2) is 0 Å². The van der Waals surface area contributed by atoms with Gasteiger partial charge in [0.25, 0.3) is 0 Å². The van der Waals surface area contributed by atoms with Crippen molar-refractivity contribution in [1.82, 2.24) is 0 Å². The number of allylic oxidation sites excluding steroid dienone is 2. The number of hydrogen-bond acceptors (Lipinski definition) is 1. The van der Waals surface area contributed by atoms with Gasteiger partial charge in [0.2, 0.25) is 0 Å². The molecule has 154 valence electrons. The summed E-state index contributed by atoms with van der Waals surface area (Å²) in [5.74, 6) is 0.734. The molecule has 3 atom stereocenters. The number of hydrogen-bond donors (Lipinski definition) is 0. The van der Waals surface area contributed by atoms with Crippen LogP contribution in [0.2, 0.25) is 0 Å². The van der Waals surface area contributed by atoms with Gasteiger partial charge in [-0.05, 0) is 67.9 Å². The van der Waals surface area contributed by atoms with Crippen LogP contribution >= 0.6 is 0 Å². The summed E-state index contributed by atoms with van der Waals surface area (Å²) >= 11 is 0. The van der Waals surface area contributed by atoms with Gasteiger partial charge < -0.3 is 4.74 Å². The molecule has 0 N–H and O–H groups in total. The summed E-state index contributed by atoms with van der Waals surface area (Å²) in [6, 6.07) is 9.33. The fourth-order valence-corrected chi connectivity index (χ4v) is 5.84. The Balaban J connectivity index is 1.92. The molecule has 2 aliphatic carbocycles. The molecule has 28 heavy (non-hydrogen) atoms. The lowest BCUT2D eigenvalue weighted by atomic mass is 9.55. The van der Waals surface area contributed by atoms with Gasteiger partial charge in [-0.15, -0.1) is 0 Å². The molecule has 0 heterocycles. The number of aryl methyl sites for hydroxylation is 1. The number of benzene rings is 1. The molecule has 0 radical (unpaired) electrons. The van der Waals surface area contributed by atoms with Crippen molar-refractivity contribution in [3.05, 3.63) is 59.2 Å². The Hall–Kier alpha value is -1.34. The van der Waals surface area contributed by atoms with E-state index < -0.39 is 0 Å². The van der Waals surface area contributed by atoms with Crippen LogP contribution in [-0.2, 0) is 10.2 Å². The Bertz CT molecular complexity index is 704. The van der Waals surface area contributed by atoms with E-state index in [1.54, 1.807) is 0 Å². The molecule has 0 spiro atoms. The molecule has 0 amide bonds. The van der Waals surface area contributed by atoms with Crippen molar-refractivity contribution in [2.24, 2.45) is 11.3 Å². The molecule has 2 aliphatic rings. The first-order chi connectivity index (χ1) is 13.3. The van der Waals surface area contributed by atoms with Crippen LogP contribution in [0.4, 0.5) is 0 Å². The monoisotopic (exact) mass is 380 g/mol.